The minimum absolute atomic E-state index is 0.0489. The summed E-state index contributed by atoms with van der Waals surface area (Å²) in [6.45, 7) is 5.64. The van der Waals surface area contributed by atoms with E-state index in [-0.39, 0.29) is 30.4 Å². The van der Waals surface area contributed by atoms with Gasteiger partial charge in [0.1, 0.15) is 23.6 Å². The predicted octanol–water partition coefficient (Wildman–Crippen LogP) is 2.19. The number of anilines is 1. The Morgan fingerprint density at radius 1 is 1.17 bits per heavy atom. The van der Waals surface area contributed by atoms with Gasteiger partial charge < -0.3 is 24.7 Å². The Morgan fingerprint density at radius 3 is 2.50 bits per heavy atom. The van der Waals surface area contributed by atoms with Crippen LogP contribution in [0.25, 0.3) is 0 Å². The van der Waals surface area contributed by atoms with E-state index in [1.54, 1.807) is 26.8 Å². The number of hydrogen-bond donors (Lipinski definition) is 3. The number of rotatable bonds is 9. The second-order valence-electron chi connectivity index (χ2n) is 9.73. The molecule has 192 valence electrons. The molecule has 0 bridgehead atoms. The van der Waals surface area contributed by atoms with Crippen molar-refractivity contribution < 1.29 is 23.9 Å². The maximum Gasteiger partial charge on any atom is 0.412 e. The Balaban J connectivity index is 1.87. The first-order chi connectivity index (χ1) is 17.1. The van der Waals surface area contributed by atoms with Crippen molar-refractivity contribution in [2.75, 3.05) is 11.9 Å². The van der Waals surface area contributed by atoms with Crippen molar-refractivity contribution in [3.63, 3.8) is 0 Å². The summed E-state index contributed by atoms with van der Waals surface area (Å²) >= 11 is 0. The van der Waals surface area contributed by atoms with Crippen LogP contribution in [0.4, 0.5) is 10.5 Å². The molecule has 0 saturated carbocycles. The van der Waals surface area contributed by atoms with Gasteiger partial charge in [0.15, 0.2) is 0 Å². The summed E-state index contributed by atoms with van der Waals surface area (Å²) in [6, 6.07) is 10.2. The highest BCUT2D eigenvalue weighted by Gasteiger charge is 2.30. The van der Waals surface area contributed by atoms with E-state index in [1.165, 1.54) is 16.8 Å². The fraction of sp³-hybridized carbons (Fsp3) is 0.423. The van der Waals surface area contributed by atoms with Gasteiger partial charge in [-0.25, -0.2) is 4.79 Å². The average molecular weight is 497 g/mol. The van der Waals surface area contributed by atoms with E-state index >= 15 is 0 Å². The largest absolute Gasteiger partial charge is 0.444 e. The van der Waals surface area contributed by atoms with Crippen LogP contribution in [0.2, 0.25) is 0 Å². The van der Waals surface area contributed by atoms with Crippen molar-refractivity contribution >= 4 is 29.9 Å². The van der Waals surface area contributed by atoms with Crippen LogP contribution in [0, 0.1) is 5.92 Å². The van der Waals surface area contributed by atoms with Crippen LogP contribution in [0.3, 0.4) is 0 Å². The van der Waals surface area contributed by atoms with Crippen LogP contribution in [0.15, 0.2) is 53.5 Å². The molecular formula is C26H32N4O6. The summed E-state index contributed by atoms with van der Waals surface area (Å²) in [7, 11) is 0. The molecule has 0 aliphatic carbocycles. The molecule has 3 rings (SSSR count). The molecule has 2 heterocycles. The van der Waals surface area contributed by atoms with Gasteiger partial charge in [-0.2, -0.15) is 0 Å². The number of benzene rings is 1. The second kappa shape index (κ2) is 11.7. The zero-order valence-corrected chi connectivity index (χ0v) is 20.7. The molecule has 2 aromatic rings. The van der Waals surface area contributed by atoms with Gasteiger partial charge in [-0.1, -0.05) is 30.3 Å². The van der Waals surface area contributed by atoms with E-state index in [2.05, 4.69) is 16.0 Å². The third-order valence-corrected chi connectivity index (χ3v) is 5.71. The van der Waals surface area contributed by atoms with Gasteiger partial charge in [-0.3, -0.25) is 19.7 Å². The molecular weight excluding hydrogens is 464 g/mol. The number of pyridine rings is 1. The van der Waals surface area contributed by atoms with Crippen LogP contribution in [-0.2, 0) is 25.5 Å². The Morgan fingerprint density at radius 2 is 1.89 bits per heavy atom. The van der Waals surface area contributed by atoms with E-state index in [9.17, 15) is 24.0 Å². The van der Waals surface area contributed by atoms with Crippen molar-refractivity contribution in [3.05, 3.63) is 64.6 Å². The van der Waals surface area contributed by atoms with Crippen LogP contribution >= 0.6 is 0 Å². The second-order valence-corrected chi connectivity index (χ2v) is 9.73. The molecule has 1 aliphatic rings. The number of hydrogen-bond acceptors (Lipinski definition) is 6. The molecule has 1 aliphatic heterocycles. The molecule has 1 saturated heterocycles. The lowest BCUT2D eigenvalue weighted by Crippen LogP contribution is -2.45. The van der Waals surface area contributed by atoms with Gasteiger partial charge in [0.2, 0.25) is 11.8 Å². The van der Waals surface area contributed by atoms with Crippen LogP contribution in [-0.4, -0.2) is 46.9 Å². The van der Waals surface area contributed by atoms with Crippen LogP contribution in [0.1, 0.15) is 45.2 Å². The van der Waals surface area contributed by atoms with Gasteiger partial charge in [0.25, 0.3) is 5.56 Å². The minimum Gasteiger partial charge on any atom is -0.444 e. The Hall–Kier alpha value is -3.95. The molecule has 1 aromatic carbocycles. The minimum atomic E-state index is -1.01. The predicted molar refractivity (Wildman–Crippen MR) is 133 cm³/mol. The van der Waals surface area contributed by atoms with E-state index in [0.29, 0.717) is 19.3 Å². The monoisotopic (exact) mass is 496 g/mol. The fourth-order valence-corrected chi connectivity index (χ4v) is 4.02. The molecule has 10 heteroatoms. The summed E-state index contributed by atoms with van der Waals surface area (Å²) < 4.78 is 6.45. The van der Waals surface area contributed by atoms with Gasteiger partial charge in [-0.05, 0) is 51.3 Å². The number of nitrogens with zero attached hydrogens (tertiary/aromatic N) is 1. The molecule has 1 fully saturated rings. The SMILES string of the molecule is CC(C)(C)OC(=O)Nc1cccn([C@H](Cc2ccccc2)C(=O)N[C@@H](C=O)C[C@H]2CCNC2=O)c1=O. The zero-order chi connectivity index (χ0) is 26.3. The number of aromatic nitrogens is 1. The number of amides is 3. The van der Waals surface area contributed by atoms with Crippen molar-refractivity contribution in [2.24, 2.45) is 5.92 Å². The smallest absolute Gasteiger partial charge is 0.412 e. The van der Waals surface area contributed by atoms with E-state index in [0.717, 1.165) is 5.56 Å². The lowest BCUT2D eigenvalue weighted by atomic mass is 9.98. The highest BCUT2D eigenvalue weighted by atomic mass is 16.6. The van der Waals surface area contributed by atoms with Crippen molar-refractivity contribution in [1.29, 1.82) is 0 Å². The van der Waals surface area contributed by atoms with Crippen molar-refractivity contribution in [2.45, 2.75) is 57.7 Å². The molecule has 0 spiro atoms. The summed E-state index contributed by atoms with van der Waals surface area (Å²) in [5.74, 6) is -1.06. The van der Waals surface area contributed by atoms with E-state index in [1.807, 2.05) is 30.3 Å². The number of nitrogens with one attached hydrogen (secondary N) is 3. The van der Waals surface area contributed by atoms with Gasteiger partial charge >= 0.3 is 6.09 Å². The lowest BCUT2D eigenvalue weighted by molar-refractivity contribution is -0.128. The van der Waals surface area contributed by atoms with E-state index in [4.69, 9.17) is 4.74 Å². The number of aldehydes is 1. The molecule has 3 atom stereocenters. The number of carbonyl (C=O) groups excluding carboxylic acids is 4. The highest BCUT2D eigenvalue weighted by molar-refractivity contribution is 5.86. The first-order valence-electron chi connectivity index (χ1n) is 11.9. The average Bonchev–Trinajstić information content (AvgIpc) is 3.22. The normalized spacial score (nSPS) is 17.0. The van der Waals surface area contributed by atoms with Gasteiger partial charge in [-0.15, -0.1) is 0 Å². The molecule has 0 radical (unpaired) electrons. The first kappa shape index (κ1) is 26.7. The lowest BCUT2D eigenvalue weighted by Gasteiger charge is -2.23. The zero-order valence-electron chi connectivity index (χ0n) is 20.7. The summed E-state index contributed by atoms with van der Waals surface area (Å²) in [5.41, 5.74) is -0.606. The molecule has 36 heavy (non-hydrogen) atoms. The Bertz CT molecular complexity index is 1160. The van der Waals surface area contributed by atoms with Gasteiger partial charge in [0.05, 0.1) is 6.04 Å². The summed E-state index contributed by atoms with van der Waals surface area (Å²) in [5, 5.41) is 7.85. The first-order valence-corrected chi connectivity index (χ1v) is 11.9. The quantitative estimate of drug-likeness (QED) is 0.456. The van der Waals surface area contributed by atoms with Crippen molar-refractivity contribution in [1.82, 2.24) is 15.2 Å². The third kappa shape index (κ3) is 7.27. The Kier molecular flexibility index (Phi) is 8.63. The van der Waals surface area contributed by atoms with Crippen LogP contribution < -0.4 is 21.5 Å². The van der Waals surface area contributed by atoms with E-state index < -0.39 is 35.2 Å². The molecule has 10 nitrogen and oxygen atoms in total. The van der Waals surface area contributed by atoms with Crippen molar-refractivity contribution in [3.8, 4) is 0 Å². The molecule has 3 amide bonds. The standard InChI is InChI=1S/C26H32N4O6/c1-26(2,3)36-25(35)29-20-10-7-13-30(24(20)34)21(14-17-8-5-4-6-9-17)23(33)28-19(16-31)15-18-11-12-27-22(18)32/h4-10,13,16,18-19,21H,11-12,14-15H2,1-3H3,(H,27,32)(H,28,33)(H,29,35)/t18-,19-,21-/m1/s1. The molecule has 1 aromatic heterocycles. The number of carbonyl (C=O) groups is 4. The summed E-state index contributed by atoms with van der Waals surface area (Å²) in [6.07, 6.45) is 2.19. The topological polar surface area (TPSA) is 136 Å². The maximum atomic E-state index is 13.4. The third-order valence-electron chi connectivity index (χ3n) is 5.71. The summed E-state index contributed by atoms with van der Waals surface area (Å²) in [4.78, 5) is 62.6. The van der Waals surface area contributed by atoms with Gasteiger partial charge in [0, 0.05) is 25.1 Å². The fourth-order valence-electron chi connectivity index (χ4n) is 4.02. The number of ether oxygens (including phenoxy) is 1. The molecule has 3 N–H and O–H groups in total. The Labute approximate surface area is 209 Å². The van der Waals surface area contributed by atoms with Crippen LogP contribution in [0.5, 0.6) is 0 Å². The molecule has 0 unspecified atom stereocenters. The highest BCUT2D eigenvalue weighted by Crippen LogP contribution is 2.18. The maximum absolute atomic E-state index is 13.4.